The molecule has 8 heteroatoms. The van der Waals surface area contributed by atoms with Gasteiger partial charge in [0.2, 0.25) is 0 Å². The number of nitrogens with zero attached hydrogens (tertiary/aromatic N) is 1. The maximum atomic E-state index is 13.2. The van der Waals surface area contributed by atoms with Crippen LogP contribution in [0.2, 0.25) is 0 Å². The number of carbonyl (C=O) groups excluding carboxylic acids is 2. The van der Waals surface area contributed by atoms with Crippen LogP contribution >= 0.6 is 0 Å². The molecule has 2 aliphatic carbocycles. The number of hydrogen-bond donors (Lipinski definition) is 0. The van der Waals surface area contributed by atoms with E-state index in [1.54, 1.807) is 23.1 Å². The molecule has 2 aliphatic heterocycles. The van der Waals surface area contributed by atoms with E-state index in [2.05, 4.69) is 0 Å². The number of benzene rings is 1. The minimum atomic E-state index is -3.08. The highest BCUT2D eigenvalue weighted by atomic mass is 32.2. The van der Waals surface area contributed by atoms with E-state index in [9.17, 15) is 18.0 Å². The van der Waals surface area contributed by atoms with Crippen molar-refractivity contribution in [2.45, 2.75) is 88.3 Å². The van der Waals surface area contributed by atoms with E-state index in [0.717, 1.165) is 51.4 Å². The average Bonchev–Trinajstić information content (AvgIpc) is 3.42. The summed E-state index contributed by atoms with van der Waals surface area (Å²) in [6.45, 7) is -0.148. The van der Waals surface area contributed by atoms with Crippen LogP contribution in [-0.4, -0.2) is 60.8 Å². The minimum Gasteiger partial charge on any atom is -0.486 e. The molecule has 1 unspecified atom stereocenters. The van der Waals surface area contributed by atoms with E-state index in [1.807, 2.05) is 0 Å². The number of sulfone groups is 1. The van der Waals surface area contributed by atoms with Gasteiger partial charge >= 0.3 is 0 Å². The Morgan fingerprint density at radius 1 is 1.06 bits per heavy atom. The SMILES string of the molecule is O=C1CC2(CCCCC2)Oc2cc(OCC(=O)N(C3CCCC3)C3CCS(=O)(=O)C3)ccc21. The van der Waals surface area contributed by atoms with Crippen LogP contribution in [0.1, 0.15) is 81.0 Å². The summed E-state index contributed by atoms with van der Waals surface area (Å²) in [5.41, 5.74) is 0.179. The van der Waals surface area contributed by atoms with Crippen molar-refractivity contribution in [3.05, 3.63) is 23.8 Å². The molecule has 33 heavy (non-hydrogen) atoms. The number of Topliss-reactive ketones (excluding diaryl/α,β-unsaturated/α-hetero) is 1. The lowest BCUT2D eigenvalue weighted by Crippen LogP contribution is -2.48. The molecule has 5 rings (SSSR count). The van der Waals surface area contributed by atoms with Gasteiger partial charge in [-0.1, -0.05) is 19.3 Å². The van der Waals surface area contributed by atoms with Crippen molar-refractivity contribution < 1.29 is 27.5 Å². The molecule has 0 radical (unpaired) electrons. The Morgan fingerprint density at radius 2 is 1.82 bits per heavy atom. The van der Waals surface area contributed by atoms with Gasteiger partial charge in [-0.25, -0.2) is 8.42 Å². The normalized spacial score (nSPS) is 26.1. The maximum absolute atomic E-state index is 13.2. The number of ketones is 1. The zero-order valence-corrected chi connectivity index (χ0v) is 19.9. The molecule has 180 valence electrons. The molecule has 7 nitrogen and oxygen atoms in total. The predicted octanol–water partition coefficient (Wildman–Crippen LogP) is 3.69. The molecule has 0 aromatic heterocycles. The summed E-state index contributed by atoms with van der Waals surface area (Å²) in [6.07, 6.45) is 9.99. The Bertz CT molecular complexity index is 1020. The van der Waals surface area contributed by atoms with Gasteiger partial charge in [-0.3, -0.25) is 9.59 Å². The van der Waals surface area contributed by atoms with Crippen LogP contribution < -0.4 is 9.47 Å². The third kappa shape index (κ3) is 4.77. The smallest absolute Gasteiger partial charge is 0.261 e. The fourth-order valence-electron chi connectivity index (χ4n) is 6.14. The lowest BCUT2D eigenvalue weighted by molar-refractivity contribution is -0.137. The number of rotatable bonds is 5. The maximum Gasteiger partial charge on any atom is 0.261 e. The van der Waals surface area contributed by atoms with Gasteiger partial charge in [0.05, 0.1) is 23.5 Å². The van der Waals surface area contributed by atoms with Crippen molar-refractivity contribution in [3.8, 4) is 11.5 Å². The fourth-order valence-corrected chi connectivity index (χ4v) is 7.85. The molecule has 1 amide bonds. The average molecular weight is 476 g/mol. The first-order valence-electron chi connectivity index (χ1n) is 12.3. The second-order valence-corrected chi connectivity index (χ2v) is 12.4. The van der Waals surface area contributed by atoms with Crippen LogP contribution in [0, 0.1) is 0 Å². The van der Waals surface area contributed by atoms with Crippen LogP contribution in [0.4, 0.5) is 0 Å². The van der Waals surface area contributed by atoms with Gasteiger partial charge in [-0.2, -0.15) is 0 Å². The van der Waals surface area contributed by atoms with Gasteiger partial charge in [-0.05, 0) is 57.1 Å². The van der Waals surface area contributed by atoms with Gasteiger partial charge in [0.1, 0.15) is 17.1 Å². The molecule has 2 heterocycles. The van der Waals surface area contributed by atoms with Crippen molar-refractivity contribution in [1.82, 2.24) is 4.90 Å². The summed E-state index contributed by atoms with van der Waals surface area (Å²) in [5.74, 6) is 1.18. The largest absolute Gasteiger partial charge is 0.486 e. The Morgan fingerprint density at radius 3 is 2.52 bits per heavy atom. The van der Waals surface area contributed by atoms with Crippen molar-refractivity contribution >= 4 is 21.5 Å². The first kappa shape index (κ1) is 22.7. The van der Waals surface area contributed by atoms with Crippen molar-refractivity contribution in [1.29, 1.82) is 0 Å². The van der Waals surface area contributed by atoms with Gasteiger partial charge in [0.15, 0.2) is 22.2 Å². The minimum absolute atomic E-state index is 0.0477. The molecule has 1 spiro atoms. The van der Waals surface area contributed by atoms with E-state index in [1.165, 1.54) is 6.42 Å². The van der Waals surface area contributed by atoms with Crippen LogP contribution in [0.3, 0.4) is 0 Å². The number of ether oxygens (including phenoxy) is 2. The first-order valence-corrected chi connectivity index (χ1v) is 14.2. The summed E-state index contributed by atoms with van der Waals surface area (Å²) >= 11 is 0. The molecule has 2 saturated carbocycles. The summed E-state index contributed by atoms with van der Waals surface area (Å²) < 4.78 is 36.3. The Hall–Kier alpha value is -2.09. The molecule has 1 saturated heterocycles. The standard InChI is InChI=1S/C25H33NO6S/c27-22-15-25(11-4-1-5-12-25)32-23-14-20(8-9-21(22)23)31-16-24(28)26(18-6-2-3-7-18)19-10-13-33(29,30)17-19/h8-9,14,18-19H,1-7,10-13,15-17H2. The second kappa shape index (κ2) is 8.93. The van der Waals surface area contributed by atoms with Crippen molar-refractivity contribution in [2.75, 3.05) is 18.1 Å². The molecule has 0 N–H and O–H groups in total. The number of hydrogen-bond acceptors (Lipinski definition) is 6. The zero-order valence-electron chi connectivity index (χ0n) is 19.1. The summed E-state index contributed by atoms with van der Waals surface area (Å²) in [7, 11) is -3.08. The topological polar surface area (TPSA) is 90.0 Å². The molecule has 1 aromatic carbocycles. The lowest BCUT2D eigenvalue weighted by Gasteiger charge is -2.40. The number of amides is 1. The summed E-state index contributed by atoms with van der Waals surface area (Å²) in [4.78, 5) is 27.7. The van der Waals surface area contributed by atoms with Gasteiger partial charge in [0, 0.05) is 18.2 Å². The van der Waals surface area contributed by atoms with E-state index in [4.69, 9.17) is 9.47 Å². The van der Waals surface area contributed by atoms with E-state index >= 15 is 0 Å². The quantitative estimate of drug-likeness (QED) is 0.645. The Balaban J connectivity index is 1.29. The van der Waals surface area contributed by atoms with Gasteiger partial charge in [-0.15, -0.1) is 0 Å². The predicted molar refractivity (Wildman–Crippen MR) is 123 cm³/mol. The Labute approximate surface area is 195 Å². The first-order chi connectivity index (χ1) is 15.8. The molecule has 1 atom stereocenters. The number of fused-ring (bicyclic) bond motifs is 1. The fraction of sp³-hybridized carbons (Fsp3) is 0.680. The Kier molecular flexibility index (Phi) is 6.14. The monoisotopic (exact) mass is 475 g/mol. The molecule has 3 fully saturated rings. The second-order valence-electron chi connectivity index (χ2n) is 10.2. The summed E-state index contributed by atoms with van der Waals surface area (Å²) in [6, 6.07) is 5.01. The molecular weight excluding hydrogens is 442 g/mol. The molecule has 4 aliphatic rings. The van der Waals surface area contributed by atoms with Gasteiger partial charge < -0.3 is 14.4 Å². The highest BCUT2D eigenvalue weighted by Gasteiger charge is 2.42. The van der Waals surface area contributed by atoms with E-state index in [0.29, 0.717) is 29.9 Å². The highest BCUT2D eigenvalue weighted by Crippen LogP contribution is 2.43. The van der Waals surface area contributed by atoms with Crippen LogP contribution in [-0.2, 0) is 14.6 Å². The summed E-state index contributed by atoms with van der Waals surface area (Å²) in [5, 5.41) is 0. The molecule has 0 bridgehead atoms. The van der Waals surface area contributed by atoms with Crippen LogP contribution in [0.15, 0.2) is 18.2 Å². The lowest BCUT2D eigenvalue weighted by atomic mass is 9.78. The van der Waals surface area contributed by atoms with Crippen molar-refractivity contribution in [3.63, 3.8) is 0 Å². The van der Waals surface area contributed by atoms with Crippen LogP contribution in [0.5, 0.6) is 11.5 Å². The zero-order chi connectivity index (χ0) is 23.1. The number of carbonyl (C=O) groups is 2. The van der Waals surface area contributed by atoms with Crippen molar-refractivity contribution in [2.24, 2.45) is 0 Å². The van der Waals surface area contributed by atoms with E-state index < -0.39 is 15.4 Å². The highest BCUT2D eigenvalue weighted by molar-refractivity contribution is 7.91. The molecule has 1 aromatic rings. The third-order valence-corrected chi connectivity index (χ3v) is 9.55. The molecular formula is C25H33NO6S. The van der Waals surface area contributed by atoms with Gasteiger partial charge in [0.25, 0.3) is 5.91 Å². The third-order valence-electron chi connectivity index (χ3n) is 7.80. The van der Waals surface area contributed by atoms with Crippen LogP contribution in [0.25, 0.3) is 0 Å². The van der Waals surface area contributed by atoms with E-state index in [-0.39, 0.29) is 41.9 Å².